The summed E-state index contributed by atoms with van der Waals surface area (Å²) in [5.74, 6) is -0.0205. The summed E-state index contributed by atoms with van der Waals surface area (Å²) in [6, 6.07) is 11.3. The van der Waals surface area contributed by atoms with Crippen LogP contribution in [0.5, 0.6) is 11.5 Å². The zero-order chi connectivity index (χ0) is 18.6. The smallest absolute Gasteiger partial charge is 0.307 e. The van der Waals surface area contributed by atoms with Gasteiger partial charge in [-0.1, -0.05) is 23.7 Å². The van der Waals surface area contributed by atoms with Gasteiger partial charge in [-0.2, -0.15) is 0 Å². The molecule has 1 aliphatic heterocycles. The zero-order valence-corrected chi connectivity index (χ0v) is 15.4. The molecule has 3 rings (SSSR count). The van der Waals surface area contributed by atoms with Crippen LogP contribution in [0.4, 0.5) is 0 Å². The Morgan fingerprint density at radius 3 is 2.46 bits per heavy atom. The van der Waals surface area contributed by atoms with Crippen molar-refractivity contribution in [2.75, 3.05) is 19.0 Å². The average molecular weight is 397 g/mol. The SMILES string of the molecule is O=C(CCS(=O)(=O)c1ccc2c(c1)OCCO2)OCc1ccc(Cl)cc1. The molecule has 0 unspecified atom stereocenters. The summed E-state index contributed by atoms with van der Waals surface area (Å²) in [6.45, 7) is 0.867. The van der Waals surface area contributed by atoms with E-state index in [9.17, 15) is 13.2 Å². The van der Waals surface area contributed by atoms with Crippen LogP contribution >= 0.6 is 11.6 Å². The first kappa shape index (κ1) is 18.5. The van der Waals surface area contributed by atoms with Gasteiger partial charge in [0.15, 0.2) is 21.3 Å². The fourth-order valence-electron chi connectivity index (χ4n) is 2.37. The summed E-state index contributed by atoms with van der Waals surface area (Å²) in [5.41, 5.74) is 0.775. The van der Waals surface area contributed by atoms with Gasteiger partial charge >= 0.3 is 5.97 Å². The van der Waals surface area contributed by atoms with Crippen LogP contribution in [0.25, 0.3) is 0 Å². The molecule has 0 aromatic heterocycles. The van der Waals surface area contributed by atoms with Gasteiger partial charge < -0.3 is 14.2 Å². The molecule has 0 spiro atoms. The van der Waals surface area contributed by atoms with Crippen LogP contribution in [-0.4, -0.2) is 33.4 Å². The summed E-state index contributed by atoms with van der Waals surface area (Å²) < 4.78 is 40.7. The molecule has 0 N–H and O–H groups in total. The number of ether oxygens (including phenoxy) is 3. The van der Waals surface area contributed by atoms with Crippen molar-refractivity contribution in [1.29, 1.82) is 0 Å². The molecular formula is C18H17ClO6S. The molecule has 26 heavy (non-hydrogen) atoms. The molecule has 1 aliphatic rings. The maximum Gasteiger partial charge on any atom is 0.307 e. The molecule has 138 valence electrons. The molecule has 0 saturated heterocycles. The number of benzene rings is 2. The van der Waals surface area contributed by atoms with E-state index in [-0.39, 0.29) is 23.7 Å². The lowest BCUT2D eigenvalue weighted by atomic mass is 10.2. The first-order chi connectivity index (χ1) is 12.4. The second-order valence-corrected chi connectivity index (χ2v) is 8.21. The lowest BCUT2D eigenvalue weighted by Crippen LogP contribution is -2.17. The fourth-order valence-corrected chi connectivity index (χ4v) is 3.73. The fraction of sp³-hybridized carbons (Fsp3) is 0.278. The number of sulfone groups is 1. The largest absolute Gasteiger partial charge is 0.486 e. The average Bonchev–Trinajstić information content (AvgIpc) is 2.65. The van der Waals surface area contributed by atoms with Crippen LogP contribution in [0.15, 0.2) is 47.4 Å². The van der Waals surface area contributed by atoms with Crippen molar-refractivity contribution in [1.82, 2.24) is 0 Å². The Balaban J connectivity index is 1.56. The summed E-state index contributed by atoms with van der Waals surface area (Å²) >= 11 is 5.79. The molecule has 1 heterocycles. The molecule has 0 saturated carbocycles. The van der Waals surface area contributed by atoms with E-state index in [1.54, 1.807) is 30.3 Å². The van der Waals surface area contributed by atoms with Gasteiger partial charge in [-0.3, -0.25) is 4.79 Å². The van der Waals surface area contributed by atoms with Crippen molar-refractivity contribution < 1.29 is 27.4 Å². The Hall–Kier alpha value is -2.25. The minimum atomic E-state index is -3.63. The van der Waals surface area contributed by atoms with Crippen LogP contribution in [0.1, 0.15) is 12.0 Å². The van der Waals surface area contributed by atoms with Crippen LogP contribution in [-0.2, 0) is 26.0 Å². The molecular weight excluding hydrogens is 380 g/mol. The van der Waals surface area contributed by atoms with Crippen molar-refractivity contribution in [2.24, 2.45) is 0 Å². The topological polar surface area (TPSA) is 78.9 Å². The second-order valence-electron chi connectivity index (χ2n) is 5.66. The monoisotopic (exact) mass is 396 g/mol. The van der Waals surface area contributed by atoms with Gasteiger partial charge in [0.05, 0.1) is 17.1 Å². The molecule has 0 atom stereocenters. The quantitative estimate of drug-likeness (QED) is 0.698. The highest BCUT2D eigenvalue weighted by Gasteiger charge is 2.21. The first-order valence-electron chi connectivity index (χ1n) is 7.96. The normalized spacial score (nSPS) is 13.3. The van der Waals surface area contributed by atoms with Crippen molar-refractivity contribution in [3.05, 3.63) is 53.1 Å². The van der Waals surface area contributed by atoms with Gasteiger partial charge in [-0.25, -0.2) is 8.42 Å². The predicted octanol–water partition coefficient (Wildman–Crippen LogP) is 3.02. The number of hydrogen-bond acceptors (Lipinski definition) is 6. The molecule has 2 aromatic carbocycles. The maximum atomic E-state index is 12.4. The molecule has 0 bridgehead atoms. The standard InChI is InChI=1S/C18H17ClO6S/c19-14-3-1-13(2-4-14)12-25-18(20)7-10-26(21,22)15-5-6-16-17(11-15)24-9-8-23-16/h1-6,11H,7-10,12H2. The van der Waals surface area contributed by atoms with Crippen LogP contribution < -0.4 is 9.47 Å². The number of fused-ring (bicyclic) bond motifs is 1. The number of carbonyl (C=O) groups is 1. The van der Waals surface area contributed by atoms with E-state index in [1.165, 1.54) is 12.1 Å². The second kappa shape index (κ2) is 7.97. The molecule has 2 aromatic rings. The lowest BCUT2D eigenvalue weighted by Gasteiger charge is -2.18. The van der Waals surface area contributed by atoms with Gasteiger partial charge in [0, 0.05) is 11.1 Å². The highest BCUT2D eigenvalue weighted by Crippen LogP contribution is 2.32. The Labute approximate surface area is 156 Å². The number of carbonyl (C=O) groups excluding carboxylic acids is 1. The third-order valence-corrected chi connectivity index (χ3v) is 5.73. The minimum Gasteiger partial charge on any atom is -0.486 e. The van der Waals surface area contributed by atoms with E-state index >= 15 is 0 Å². The van der Waals surface area contributed by atoms with Crippen molar-refractivity contribution >= 4 is 27.4 Å². The molecule has 0 fully saturated rings. The van der Waals surface area contributed by atoms with E-state index < -0.39 is 15.8 Å². The number of halogens is 1. The summed E-state index contributed by atoms with van der Waals surface area (Å²) in [4.78, 5) is 11.9. The van der Waals surface area contributed by atoms with Crippen molar-refractivity contribution in [3.63, 3.8) is 0 Å². The van der Waals surface area contributed by atoms with Crippen LogP contribution in [0.2, 0.25) is 5.02 Å². The van der Waals surface area contributed by atoms with E-state index in [2.05, 4.69) is 0 Å². The summed E-state index contributed by atoms with van der Waals surface area (Å²) in [5, 5.41) is 0.589. The first-order valence-corrected chi connectivity index (χ1v) is 9.99. The Bertz CT molecular complexity index is 892. The number of rotatable bonds is 6. The Morgan fingerprint density at radius 2 is 1.73 bits per heavy atom. The lowest BCUT2D eigenvalue weighted by molar-refractivity contribution is -0.144. The Kier molecular flexibility index (Phi) is 5.68. The number of esters is 1. The minimum absolute atomic E-state index is 0.0695. The summed E-state index contributed by atoms with van der Waals surface area (Å²) in [7, 11) is -3.63. The van der Waals surface area contributed by atoms with Crippen LogP contribution in [0.3, 0.4) is 0 Å². The predicted molar refractivity (Wildman–Crippen MR) is 95.3 cm³/mol. The van der Waals surface area contributed by atoms with E-state index in [1.807, 2.05) is 0 Å². The molecule has 8 heteroatoms. The van der Waals surface area contributed by atoms with Crippen molar-refractivity contribution in [2.45, 2.75) is 17.9 Å². The molecule has 6 nitrogen and oxygen atoms in total. The third kappa shape index (κ3) is 4.68. The van der Waals surface area contributed by atoms with Gasteiger partial charge in [0.2, 0.25) is 0 Å². The molecule has 0 aliphatic carbocycles. The van der Waals surface area contributed by atoms with Gasteiger partial charge in [-0.05, 0) is 29.8 Å². The third-order valence-electron chi connectivity index (χ3n) is 3.76. The zero-order valence-electron chi connectivity index (χ0n) is 13.8. The Morgan fingerprint density at radius 1 is 1.04 bits per heavy atom. The molecule has 0 radical (unpaired) electrons. The van der Waals surface area contributed by atoms with Gasteiger partial charge in [-0.15, -0.1) is 0 Å². The van der Waals surface area contributed by atoms with E-state index in [0.717, 1.165) is 5.56 Å². The van der Waals surface area contributed by atoms with Gasteiger partial charge in [0.1, 0.15) is 19.8 Å². The number of hydrogen-bond donors (Lipinski definition) is 0. The van der Waals surface area contributed by atoms with E-state index in [4.69, 9.17) is 25.8 Å². The van der Waals surface area contributed by atoms with E-state index in [0.29, 0.717) is 29.7 Å². The van der Waals surface area contributed by atoms with Crippen molar-refractivity contribution in [3.8, 4) is 11.5 Å². The van der Waals surface area contributed by atoms with Crippen LogP contribution in [0, 0.1) is 0 Å². The highest BCUT2D eigenvalue weighted by molar-refractivity contribution is 7.91. The maximum absolute atomic E-state index is 12.4. The highest BCUT2D eigenvalue weighted by atomic mass is 35.5. The summed E-state index contributed by atoms with van der Waals surface area (Å²) in [6.07, 6.45) is -0.232. The van der Waals surface area contributed by atoms with Gasteiger partial charge in [0.25, 0.3) is 0 Å². The molecule has 0 amide bonds.